The third-order valence-electron chi connectivity index (χ3n) is 12.7. The first-order chi connectivity index (χ1) is 23.1. The Balaban J connectivity index is 1.25. The highest BCUT2D eigenvalue weighted by molar-refractivity contribution is 7.90. The molecule has 1 spiro atoms. The van der Waals surface area contributed by atoms with Gasteiger partial charge in [-0.2, -0.15) is 0 Å². The monoisotopic (exact) mass is 699 g/mol. The summed E-state index contributed by atoms with van der Waals surface area (Å²) in [7, 11) is -3.54. The zero-order chi connectivity index (χ0) is 33.5. The fourth-order valence-corrected chi connectivity index (χ4v) is 10.9. The Morgan fingerprint density at radius 1 is 1.04 bits per heavy atom. The summed E-state index contributed by atoms with van der Waals surface area (Å²) in [5, 5.41) is 12.9. The van der Waals surface area contributed by atoms with Crippen LogP contribution in [-0.4, -0.2) is 81.8 Å². The number of fused-ring (bicyclic) bond motifs is 4. The second-order valence-electron chi connectivity index (χ2n) is 15.6. The lowest BCUT2D eigenvalue weighted by Crippen LogP contribution is -2.54. The molecule has 3 aliphatic heterocycles. The highest BCUT2D eigenvalue weighted by atomic mass is 35.5. The van der Waals surface area contributed by atoms with E-state index in [4.69, 9.17) is 21.1 Å². The van der Waals surface area contributed by atoms with Crippen LogP contribution < -0.4 is 14.4 Å². The molecule has 264 valence electrons. The fraction of sp³-hybridized carbons (Fsp3) is 0.684. The summed E-state index contributed by atoms with van der Waals surface area (Å²) in [4.78, 5) is 4.96. The molecule has 0 radical (unpaired) electrons. The van der Waals surface area contributed by atoms with Crippen LogP contribution in [0.15, 0.2) is 36.4 Å². The molecule has 8 nitrogen and oxygen atoms in total. The van der Waals surface area contributed by atoms with E-state index < -0.39 is 20.9 Å². The molecule has 5 aliphatic rings. The van der Waals surface area contributed by atoms with Crippen molar-refractivity contribution >= 4 is 27.3 Å². The lowest BCUT2D eigenvalue weighted by Gasteiger charge is -2.51. The molecule has 0 unspecified atom stereocenters. The van der Waals surface area contributed by atoms with Crippen LogP contribution in [-0.2, 0) is 33.1 Å². The van der Waals surface area contributed by atoms with Crippen molar-refractivity contribution in [3.63, 3.8) is 0 Å². The number of aryl methyl sites for hydroxylation is 1. The van der Waals surface area contributed by atoms with Crippen LogP contribution in [0.2, 0.25) is 5.02 Å². The maximum atomic E-state index is 13.5. The molecular formula is C38H54ClN3O5S. The van der Waals surface area contributed by atoms with E-state index >= 15 is 0 Å². The normalized spacial score (nSPS) is 34.3. The molecule has 1 saturated heterocycles. The van der Waals surface area contributed by atoms with Crippen LogP contribution in [0.1, 0.15) is 81.9 Å². The molecule has 48 heavy (non-hydrogen) atoms. The van der Waals surface area contributed by atoms with Crippen LogP contribution in [0.4, 0.5) is 5.69 Å². The Bertz CT molecular complexity index is 1570. The number of sulfonamides is 1. The number of morpholine rings is 1. The molecule has 2 aliphatic carbocycles. The maximum Gasteiger partial charge on any atom is 0.214 e. The quantitative estimate of drug-likeness (QED) is 0.411. The van der Waals surface area contributed by atoms with E-state index in [1.165, 1.54) is 11.1 Å². The number of anilines is 1. The number of hydrogen-bond donors (Lipinski definition) is 2. The van der Waals surface area contributed by atoms with Gasteiger partial charge in [-0.1, -0.05) is 37.1 Å². The SMILES string of the molecule is C[C@@H]1[C@@H](C)CCC[C@@](O)(CCN2CCOCC2)[C@@H]2CC[C@H]2CN2C[C@@]3(CCCc4cc(Cl)ccc43)COc3ccc(cc32)CNS1(=O)=O. The average molecular weight is 700 g/mol. The summed E-state index contributed by atoms with van der Waals surface area (Å²) < 4.78 is 42.2. The van der Waals surface area contributed by atoms with Gasteiger partial charge in [0, 0.05) is 49.7 Å². The summed E-state index contributed by atoms with van der Waals surface area (Å²) in [5.74, 6) is 1.40. The zero-order valence-electron chi connectivity index (χ0n) is 28.8. The summed E-state index contributed by atoms with van der Waals surface area (Å²) in [5.41, 5.74) is 3.63. The number of benzene rings is 2. The molecule has 10 heteroatoms. The van der Waals surface area contributed by atoms with E-state index in [9.17, 15) is 13.5 Å². The predicted octanol–water partition coefficient (Wildman–Crippen LogP) is 5.92. The Hall–Kier alpha value is -1.88. The molecule has 0 aromatic heterocycles. The molecule has 3 heterocycles. The van der Waals surface area contributed by atoms with Crippen LogP contribution in [0.3, 0.4) is 0 Å². The van der Waals surface area contributed by atoms with Crippen molar-refractivity contribution in [1.29, 1.82) is 0 Å². The number of aliphatic hydroxyl groups is 1. The zero-order valence-corrected chi connectivity index (χ0v) is 30.3. The van der Waals surface area contributed by atoms with Gasteiger partial charge in [-0.3, -0.25) is 4.90 Å². The first-order valence-corrected chi connectivity index (χ1v) is 20.3. The van der Waals surface area contributed by atoms with E-state index in [-0.39, 0.29) is 23.8 Å². The van der Waals surface area contributed by atoms with Crippen molar-refractivity contribution in [3.8, 4) is 5.75 Å². The number of nitrogens with zero attached hydrogens (tertiary/aromatic N) is 2. The van der Waals surface area contributed by atoms with Gasteiger partial charge in [-0.05, 0) is 117 Å². The Morgan fingerprint density at radius 3 is 2.67 bits per heavy atom. The second kappa shape index (κ2) is 14.0. The third kappa shape index (κ3) is 7.02. The molecule has 7 rings (SSSR count). The Labute approximate surface area is 292 Å². The molecule has 2 aromatic carbocycles. The molecule has 2 bridgehead atoms. The van der Waals surface area contributed by atoms with E-state index in [1.807, 2.05) is 32.0 Å². The minimum absolute atomic E-state index is 0.0172. The van der Waals surface area contributed by atoms with Gasteiger partial charge in [-0.15, -0.1) is 0 Å². The first-order valence-electron chi connectivity index (χ1n) is 18.4. The van der Waals surface area contributed by atoms with Gasteiger partial charge in [0.1, 0.15) is 5.75 Å². The fourth-order valence-electron chi connectivity index (χ4n) is 9.31. The number of hydrogen-bond acceptors (Lipinski definition) is 7. The second-order valence-corrected chi connectivity index (χ2v) is 18.2. The number of rotatable bonds is 3. The van der Waals surface area contributed by atoms with Gasteiger partial charge in [0.05, 0.1) is 36.4 Å². The van der Waals surface area contributed by atoms with Gasteiger partial charge >= 0.3 is 0 Å². The molecule has 1 saturated carbocycles. The Kier molecular flexibility index (Phi) is 10.1. The van der Waals surface area contributed by atoms with Crippen molar-refractivity contribution < 1.29 is 23.0 Å². The average Bonchev–Trinajstić information content (AvgIpc) is 3.21. The maximum absolute atomic E-state index is 13.5. The number of halogens is 1. The standard InChI is InChI=1S/C38H54ClN3O5S/c1-27-5-3-14-38(43,15-16-41-17-19-46-20-18-41)34-10-8-31(34)24-42-25-37(13-4-6-30-22-32(39)9-11-33(30)37)26-47-36-12-7-29(21-35(36)42)23-40-48(44,45)28(27)2/h7,9,11-12,21-22,27-28,31,34,40,43H,3-6,8,10,13-20,23-26H2,1-2H3/t27-,28+,31-,34+,37-,38+/m0/s1. The number of nitrogens with one attached hydrogen (secondary N) is 1. The first kappa shape index (κ1) is 34.6. The molecule has 2 N–H and O–H groups in total. The minimum Gasteiger partial charge on any atom is -0.490 e. The van der Waals surface area contributed by atoms with Crippen molar-refractivity contribution in [2.45, 2.75) is 94.4 Å². The van der Waals surface area contributed by atoms with Gasteiger partial charge in [0.15, 0.2) is 0 Å². The molecule has 0 amide bonds. The van der Waals surface area contributed by atoms with Crippen LogP contribution in [0.5, 0.6) is 5.75 Å². The summed E-state index contributed by atoms with van der Waals surface area (Å²) in [6.07, 6.45) is 8.28. The highest BCUT2D eigenvalue weighted by Crippen LogP contribution is 2.49. The largest absolute Gasteiger partial charge is 0.490 e. The Morgan fingerprint density at radius 2 is 1.88 bits per heavy atom. The van der Waals surface area contributed by atoms with E-state index in [0.717, 1.165) is 119 Å². The smallest absolute Gasteiger partial charge is 0.214 e. The van der Waals surface area contributed by atoms with Crippen molar-refractivity contribution in [2.75, 3.05) is 57.4 Å². The summed E-state index contributed by atoms with van der Waals surface area (Å²) in [6.45, 7) is 10.5. The minimum atomic E-state index is -3.54. The highest BCUT2D eigenvalue weighted by Gasteiger charge is 2.48. The molecular weight excluding hydrogens is 646 g/mol. The van der Waals surface area contributed by atoms with E-state index in [2.05, 4.69) is 32.7 Å². The van der Waals surface area contributed by atoms with E-state index in [1.54, 1.807) is 0 Å². The van der Waals surface area contributed by atoms with Crippen LogP contribution in [0, 0.1) is 17.8 Å². The van der Waals surface area contributed by atoms with Crippen molar-refractivity contribution in [2.24, 2.45) is 17.8 Å². The lowest BCUT2D eigenvalue weighted by molar-refractivity contribution is -0.100. The summed E-state index contributed by atoms with van der Waals surface area (Å²) in [6, 6.07) is 12.5. The predicted molar refractivity (Wildman–Crippen MR) is 191 cm³/mol. The van der Waals surface area contributed by atoms with Crippen molar-refractivity contribution in [1.82, 2.24) is 9.62 Å². The van der Waals surface area contributed by atoms with Gasteiger partial charge < -0.3 is 19.5 Å². The summed E-state index contributed by atoms with van der Waals surface area (Å²) >= 11 is 6.48. The molecule has 6 atom stereocenters. The van der Waals surface area contributed by atoms with Crippen LogP contribution in [0.25, 0.3) is 0 Å². The topological polar surface area (TPSA) is 91.3 Å². The van der Waals surface area contributed by atoms with E-state index in [0.29, 0.717) is 18.9 Å². The van der Waals surface area contributed by atoms with Crippen molar-refractivity contribution in [3.05, 3.63) is 58.1 Å². The van der Waals surface area contributed by atoms with Crippen LogP contribution >= 0.6 is 11.6 Å². The molecule has 2 aromatic rings. The third-order valence-corrected chi connectivity index (χ3v) is 14.9. The van der Waals surface area contributed by atoms with Gasteiger partial charge in [-0.25, -0.2) is 13.1 Å². The van der Waals surface area contributed by atoms with Gasteiger partial charge in [0.2, 0.25) is 10.0 Å². The number of ether oxygens (including phenoxy) is 2. The lowest BCUT2D eigenvalue weighted by atomic mass is 9.62. The van der Waals surface area contributed by atoms with Gasteiger partial charge in [0.25, 0.3) is 0 Å². The molecule has 2 fully saturated rings.